The van der Waals surface area contributed by atoms with Crippen molar-refractivity contribution in [2.24, 2.45) is 17.8 Å². The number of nitrogens with zero attached hydrogens (tertiary/aromatic N) is 5. The van der Waals surface area contributed by atoms with Gasteiger partial charge in [-0.1, -0.05) is 24.6 Å². The van der Waals surface area contributed by atoms with Gasteiger partial charge in [-0.3, -0.25) is 0 Å². The monoisotopic (exact) mass is 471 g/mol. The SMILES string of the molecule is O=C(O)c1cc(N2CCC(CN3CC4CC4C3)CC2)c2c(C3CCC3)nn(-c3ccccc3)c2n1. The predicted molar refractivity (Wildman–Crippen MR) is 135 cm³/mol. The Balaban J connectivity index is 1.24. The fourth-order valence-corrected chi connectivity index (χ4v) is 6.56. The third kappa shape index (κ3) is 3.80. The van der Waals surface area contributed by atoms with Gasteiger partial charge in [0.05, 0.1) is 22.5 Å². The van der Waals surface area contributed by atoms with Gasteiger partial charge in [0.1, 0.15) is 0 Å². The van der Waals surface area contributed by atoms with Crippen LogP contribution < -0.4 is 4.90 Å². The van der Waals surface area contributed by atoms with Crippen LogP contribution in [-0.4, -0.2) is 63.5 Å². The number of aromatic nitrogens is 3. The zero-order valence-corrected chi connectivity index (χ0v) is 20.1. The van der Waals surface area contributed by atoms with E-state index in [-0.39, 0.29) is 5.69 Å². The van der Waals surface area contributed by atoms with Crippen molar-refractivity contribution in [3.05, 3.63) is 47.8 Å². The molecule has 2 aliphatic heterocycles. The largest absolute Gasteiger partial charge is 0.477 e. The van der Waals surface area contributed by atoms with Crippen molar-refractivity contribution < 1.29 is 9.90 Å². The molecule has 2 saturated carbocycles. The fourth-order valence-electron chi connectivity index (χ4n) is 6.56. The zero-order valence-electron chi connectivity index (χ0n) is 20.1. The maximum atomic E-state index is 12.1. The van der Waals surface area contributed by atoms with Gasteiger partial charge in [0.2, 0.25) is 0 Å². The summed E-state index contributed by atoms with van der Waals surface area (Å²) in [5.41, 5.74) is 3.80. The van der Waals surface area contributed by atoms with Crippen LogP contribution in [0.15, 0.2) is 36.4 Å². The highest BCUT2D eigenvalue weighted by atomic mass is 16.4. The molecule has 2 atom stereocenters. The number of fused-ring (bicyclic) bond motifs is 2. The Kier molecular flexibility index (Phi) is 5.08. The number of aromatic carboxylic acids is 1. The van der Waals surface area contributed by atoms with E-state index < -0.39 is 5.97 Å². The van der Waals surface area contributed by atoms with Crippen LogP contribution in [0.25, 0.3) is 16.7 Å². The summed E-state index contributed by atoms with van der Waals surface area (Å²) in [6.45, 7) is 5.77. The summed E-state index contributed by atoms with van der Waals surface area (Å²) in [6, 6.07) is 11.8. The quantitative estimate of drug-likeness (QED) is 0.568. The third-order valence-electron chi connectivity index (χ3n) is 8.88. The number of rotatable bonds is 6. The minimum absolute atomic E-state index is 0.100. The predicted octanol–water partition coefficient (Wildman–Crippen LogP) is 4.55. The Morgan fingerprint density at radius 2 is 1.77 bits per heavy atom. The molecule has 1 N–H and O–H groups in total. The van der Waals surface area contributed by atoms with E-state index in [9.17, 15) is 9.90 Å². The van der Waals surface area contributed by atoms with E-state index in [1.807, 2.05) is 35.0 Å². The van der Waals surface area contributed by atoms with Crippen LogP contribution in [0.2, 0.25) is 0 Å². The molecule has 7 heteroatoms. The molecule has 2 unspecified atom stereocenters. The summed E-state index contributed by atoms with van der Waals surface area (Å²) in [4.78, 5) is 21.8. The molecule has 7 rings (SSSR count). The number of pyridine rings is 1. The molecular formula is C28H33N5O2. The van der Waals surface area contributed by atoms with Crippen molar-refractivity contribution >= 4 is 22.7 Å². The summed E-state index contributed by atoms with van der Waals surface area (Å²) < 4.78 is 1.87. The van der Waals surface area contributed by atoms with Gasteiger partial charge in [-0.2, -0.15) is 5.10 Å². The zero-order chi connectivity index (χ0) is 23.5. The van der Waals surface area contributed by atoms with E-state index in [2.05, 4.69) is 14.8 Å². The van der Waals surface area contributed by atoms with Gasteiger partial charge in [0.15, 0.2) is 11.3 Å². The van der Waals surface area contributed by atoms with Gasteiger partial charge in [-0.05, 0) is 68.1 Å². The van der Waals surface area contributed by atoms with Crippen molar-refractivity contribution in [1.82, 2.24) is 19.7 Å². The Labute approximate surface area is 205 Å². The molecule has 0 spiro atoms. The molecule has 0 radical (unpaired) electrons. The maximum absolute atomic E-state index is 12.1. The molecule has 4 heterocycles. The van der Waals surface area contributed by atoms with E-state index >= 15 is 0 Å². The molecule has 2 aliphatic carbocycles. The lowest BCUT2D eigenvalue weighted by Gasteiger charge is -2.36. The van der Waals surface area contributed by atoms with E-state index in [0.717, 1.165) is 79.0 Å². The summed E-state index contributed by atoms with van der Waals surface area (Å²) in [6.07, 6.45) is 7.28. The minimum Gasteiger partial charge on any atom is -0.477 e. The summed E-state index contributed by atoms with van der Waals surface area (Å²) in [7, 11) is 0. The molecule has 1 aromatic carbocycles. The molecule has 2 aromatic heterocycles. The van der Waals surface area contributed by atoms with E-state index in [0.29, 0.717) is 11.6 Å². The average molecular weight is 472 g/mol. The number of anilines is 1. The van der Waals surface area contributed by atoms with Crippen molar-refractivity contribution in [1.29, 1.82) is 0 Å². The number of carbonyl (C=O) groups is 1. The number of para-hydroxylation sites is 1. The smallest absolute Gasteiger partial charge is 0.354 e. The van der Waals surface area contributed by atoms with Crippen molar-refractivity contribution in [2.75, 3.05) is 37.6 Å². The second-order valence-electron chi connectivity index (χ2n) is 11.2. The molecule has 4 aliphatic rings. The van der Waals surface area contributed by atoms with Gasteiger partial charge in [0.25, 0.3) is 0 Å². The van der Waals surface area contributed by atoms with Gasteiger partial charge in [-0.15, -0.1) is 0 Å². The van der Waals surface area contributed by atoms with Crippen LogP contribution in [-0.2, 0) is 0 Å². The van der Waals surface area contributed by atoms with Crippen LogP contribution in [0.4, 0.5) is 5.69 Å². The number of carboxylic acid groups (broad SMARTS) is 1. The number of carboxylic acids is 1. The number of piperidine rings is 2. The molecule has 7 nitrogen and oxygen atoms in total. The number of benzene rings is 1. The molecule has 2 saturated heterocycles. The molecule has 0 amide bonds. The number of likely N-dealkylation sites (tertiary alicyclic amines) is 1. The highest BCUT2D eigenvalue weighted by molar-refractivity contribution is 5.98. The Hall–Kier alpha value is -2.93. The highest BCUT2D eigenvalue weighted by Gasteiger charge is 2.45. The van der Waals surface area contributed by atoms with Crippen LogP contribution in [0.3, 0.4) is 0 Å². The summed E-state index contributed by atoms with van der Waals surface area (Å²) in [5.74, 6) is 2.15. The Morgan fingerprint density at radius 1 is 1.03 bits per heavy atom. The van der Waals surface area contributed by atoms with E-state index in [1.54, 1.807) is 6.07 Å². The molecule has 182 valence electrons. The van der Waals surface area contributed by atoms with Gasteiger partial charge in [0, 0.05) is 38.6 Å². The topological polar surface area (TPSA) is 74.5 Å². The normalized spacial score (nSPS) is 25.1. The summed E-state index contributed by atoms with van der Waals surface area (Å²) in [5, 5.41) is 16.0. The van der Waals surface area contributed by atoms with Crippen LogP contribution in [0.1, 0.15) is 60.6 Å². The maximum Gasteiger partial charge on any atom is 0.354 e. The molecular weight excluding hydrogens is 438 g/mol. The van der Waals surface area contributed by atoms with Gasteiger partial charge >= 0.3 is 5.97 Å². The number of hydrogen-bond donors (Lipinski definition) is 1. The van der Waals surface area contributed by atoms with Crippen LogP contribution >= 0.6 is 0 Å². The lowest BCUT2D eigenvalue weighted by atomic mass is 9.81. The van der Waals surface area contributed by atoms with Crippen molar-refractivity contribution in [2.45, 2.75) is 44.4 Å². The molecule has 3 aromatic rings. The van der Waals surface area contributed by atoms with Gasteiger partial charge < -0.3 is 14.9 Å². The first kappa shape index (κ1) is 21.4. The highest BCUT2D eigenvalue weighted by Crippen LogP contribution is 2.46. The first-order valence-corrected chi connectivity index (χ1v) is 13.3. The van der Waals surface area contributed by atoms with Crippen LogP contribution in [0, 0.1) is 17.8 Å². The second-order valence-corrected chi connectivity index (χ2v) is 11.2. The molecule has 35 heavy (non-hydrogen) atoms. The molecule has 0 bridgehead atoms. The summed E-state index contributed by atoms with van der Waals surface area (Å²) >= 11 is 0. The van der Waals surface area contributed by atoms with Crippen LogP contribution in [0.5, 0.6) is 0 Å². The Bertz CT molecular complexity index is 1250. The van der Waals surface area contributed by atoms with Crippen molar-refractivity contribution in [3.8, 4) is 5.69 Å². The minimum atomic E-state index is -0.985. The lowest BCUT2D eigenvalue weighted by molar-refractivity contribution is 0.0691. The first-order valence-electron chi connectivity index (χ1n) is 13.3. The fraction of sp³-hybridized carbons (Fsp3) is 0.536. The average Bonchev–Trinajstić information content (AvgIpc) is 3.28. The lowest BCUT2D eigenvalue weighted by Crippen LogP contribution is -2.39. The third-order valence-corrected chi connectivity index (χ3v) is 8.88. The Morgan fingerprint density at radius 3 is 2.43 bits per heavy atom. The standard InChI is InChI=1S/C28H33N5O2/c34-28(35)23-14-24(32-11-9-18(10-12-32)15-31-16-20-13-21(20)17-31)25-26(19-5-4-6-19)30-33(27(25)29-23)22-7-2-1-3-8-22/h1-3,7-8,14,18-21H,4-6,9-13,15-17H2,(H,34,35). The van der Waals surface area contributed by atoms with Gasteiger partial charge in [-0.25, -0.2) is 14.5 Å². The van der Waals surface area contributed by atoms with E-state index in [1.165, 1.54) is 32.5 Å². The number of hydrogen-bond acceptors (Lipinski definition) is 5. The van der Waals surface area contributed by atoms with E-state index in [4.69, 9.17) is 5.10 Å². The van der Waals surface area contributed by atoms with Crippen molar-refractivity contribution in [3.63, 3.8) is 0 Å². The molecule has 4 fully saturated rings. The second kappa shape index (κ2) is 8.33. The first-order chi connectivity index (χ1) is 17.1.